The minimum Gasteiger partial charge on any atom is -0.399 e. The molecule has 0 radical (unpaired) electrons. The highest BCUT2D eigenvalue weighted by Crippen LogP contribution is 2.19. The molecule has 0 atom stereocenters. The summed E-state index contributed by atoms with van der Waals surface area (Å²) in [6.07, 6.45) is 0. The molecule has 2 aromatic rings. The number of nitrogens with zero attached hydrogens (tertiary/aromatic N) is 1. The summed E-state index contributed by atoms with van der Waals surface area (Å²) in [6.45, 7) is 0.827. The lowest BCUT2D eigenvalue weighted by Gasteiger charge is -2.12. The molecule has 0 unspecified atom stereocenters. The largest absolute Gasteiger partial charge is 0.399 e. The first-order chi connectivity index (χ1) is 9.94. The van der Waals surface area contributed by atoms with Crippen LogP contribution in [0.5, 0.6) is 0 Å². The minimum absolute atomic E-state index is 0.176. The van der Waals surface area contributed by atoms with E-state index in [1.807, 2.05) is 38.4 Å². The van der Waals surface area contributed by atoms with Gasteiger partial charge in [0, 0.05) is 28.0 Å². The molecule has 0 spiro atoms. The van der Waals surface area contributed by atoms with Gasteiger partial charge in [0.05, 0.1) is 0 Å². The highest BCUT2D eigenvalue weighted by molar-refractivity contribution is 9.10. The van der Waals surface area contributed by atoms with Gasteiger partial charge in [-0.1, -0.05) is 28.1 Å². The lowest BCUT2D eigenvalue weighted by molar-refractivity contribution is 0.102. The van der Waals surface area contributed by atoms with E-state index in [1.54, 1.807) is 18.2 Å². The molecule has 4 nitrogen and oxygen atoms in total. The number of carbonyl (C=O) groups excluding carboxylic acids is 1. The number of amides is 1. The van der Waals surface area contributed by atoms with Crippen LogP contribution in [0.4, 0.5) is 11.4 Å². The van der Waals surface area contributed by atoms with Crippen LogP contribution in [0.15, 0.2) is 46.9 Å². The van der Waals surface area contributed by atoms with Crippen LogP contribution in [0.3, 0.4) is 0 Å². The third-order valence-corrected chi connectivity index (χ3v) is 3.32. The molecule has 0 aromatic heterocycles. The predicted octanol–water partition coefficient (Wildman–Crippen LogP) is 3.35. The number of rotatable bonds is 4. The Morgan fingerprint density at radius 2 is 2.00 bits per heavy atom. The number of nitrogens with one attached hydrogen (secondary N) is 1. The molecule has 110 valence electrons. The zero-order valence-electron chi connectivity index (χ0n) is 12.1. The van der Waals surface area contributed by atoms with Crippen LogP contribution in [0, 0.1) is 0 Å². The molecule has 0 heterocycles. The number of nitrogen functional groups attached to an aromatic ring is 1. The van der Waals surface area contributed by atoms with Gasteiger partial charge in [-0.25, -0.2) is 0 Å². The quantitative estimate of drug-likeness (QED) is 0.833. The average molecular weight is 348 g/mol. The van der Waals surface area contributed by atoms with Gasteiger partial charge in [-0.15, -0.1) is 0 Å². The normalized spacial score (nSPS) is 10.7. The number of halogens is 1. The number of benzene rings is 2. The van der Waals surface area contributed by atoms with Gasteiger partial charge in [0.2, 0.25) is 0 Å². The molecule has 0 aliphatic rings. The van der Waals surface area contributed by atoms with Gasteiger partial charge >= 0.3 is 0 Å². The van der Waals surface area contributed by atoms with Crippen LogP contribution in [-0.4, -0.2) is 24.9 Å². The Kier molecular flexibility index (Phi) is 4.98. The van der Waals surface area contributed by atoms with Crippen molar-refractivity contribution in [2.75, 3.05) is 25.1 Å². The second-order valence-electron chi connectivity index (χ2n) is 5.17. The maximum Gasteiger partial charge on any atom is 0.255 e. The summed E-state index contributed by atoms with van der Waals surface area (Å²) >= 11 is 3.34. The van der Waals surface area contributed by atoms with Crippen LogP contribution in [0.2, 0.25) is 0 Å². The third-order valence-electron chi connectivity index (χ3n) is 2.87. The van der Waals surface area contributed by atoms with Crippen molar-refractivity contribution in [3.05, 3.63) is 58.1 Å². The molecule has 0 saturated carbocycles. The molecule has 1 amide bonds. The van der Waals surface area contributed by atoms with Gasteiger partial charge in [-0.2, -0.15) is 0 Å². The summed E-state index contributed by atoms with van der Waals surface area (Å²) in [7, 11) is 4.02. The molecule has 0 bridgehead atoms. The molecular formula is C16H18BrN3O. The number of nitrogens with two attached hydrogens (primary N) is 1. The lowest BCUT2D eigenvalue weighted by Crippen LogP contribution is -2.14. The SMILES string of the molecule is CN(C)Cc1cccc(NC(=O)c2cc(N)cc(Br)c2)c1. The Morgan fingerprint density at radius 1 is 1.24 bits per heavy atom. The van der Waals surface area contributed by atoms with Gasteiger partial charge in [0.1, 0.15) is 0 Å². The van der Waals surface area contributed by atoms with E-state index in [4.69, 9.17) is 5.73 Å². The summed E-state index contributed by atoms with van der Waals surface area (Å²) in [6, 6.07) is 13.0. The first-order valence-corrected chi connectivity index (χ1v) is 7.34. The highest BCUT2D eigenvalue weighted by atomic mass is 79.9. The number of anilines is 2. The zero-order chi connectivity index (χ0) is 15.4. The van der Waals surface area contributed by atoms with E-state index in [0.29, 0.717) is 11.3 Å². The number of hydrogen-bond donors (Lipinski definition) is 2. The van der Waals surface area contributed by atoms with Gasteiger partial charge < -0.3 is 16.0 Å². The minimum atomic E-state index is -0.176. The van der Waals surface area contributed by atoms with Crippen molar-refractivity contribution in [2.45, 2.75) is 6.54 Å². The van der Waals surface area contributed by atoms with Crippen molar-refractivity contribution < 1.29 is 4.79 Å². The second-order valence-corrected chi connectivity index (χ2v) is 6.08. The van der Waals surface area contributed by atoms with Crippen molar-refractivity contribution >= 4 is 33.2 Å². The summed E-state index contributed by atoms with van der Waals surface area (Å²) in [5, 5.41) is 2.89. The molecule has 0 aliphatic carbocycles. The van der Waals surface area contributed by atoms with Crippen molar-refractivity contribution in [3.8, 4) is 0 Å². The summed E-state index contributed by atoms with van der Waals surface area (Å²) in [5.74, 6) is -0.176. The molecule has 0 saturated heterocycles. The summed E-state index contributed by atoms with van der Waals surface area (Å²) in [4.78, 5) is 14.3. The van der Waals surface area contributed by atoms with Crippen molar-refractivity contribution in [2.24, 2.45) is 0 Å². The van der Waals surface area contributed by atoms with Crippen molar-refractivity contribution in [3.63, 3.8) is 0 Å². The van der Waals surface area contributed by atoms with E-state index in [9.17, 15) is 4.79 Å². The topological polar surface area (TPSA) is 58.4 Å². The fraction of sp³-hybridized carbons (Fsp3) is 0.188. The summed E-state index contributed by atoms with van der Waals surface area (Å²) in [5.41, 5.74) is 8.75. The maximum atomic E-state index is 12.3. The zero-order valence-corrected chi connectivity index (χ0v) is 13.6. The Labute approximate surface area is 133 Å². The fourth-order valence-electron chi connectivity index (χ4n) is 2.06. The maximum absolute atomic E-state index is 12.3. The molecular weight excluding hydrogens is 330 g/mol. The van der Waals surface area contributed by atoms with Gasteiger partial charge in [-0.05, 0) is 50.0 Å². The summed E-state index contributed by atoms with van der Waals surface area (Å²) < 4.78 is 0.786. The van der Waals surface area contributed by atoms with E-state index >= 15 is 0 Å². The van der Waals surface area contributed by atoms with Crippen molar-refractivity contribution in [1.82, 2.24) is 4.90 Å². The number of carbonyl (C=O) groups is 1. The van der Waals surface area contributed by atoms with Gasteiger partial charge in [-0.3, -0.25) is 4.79 Å². The molecule has 21 heavy (non-hydrogen) atoms. The molecule has 0 aliphatic heterocycles. The second kappa shape index (κ2) is 6.74. The van der Waals surface area contributed by atoms with Crippen LogP contribution in [0.25, 0.3) is 0 Å². The highest BCUT2D eigenvalue weighted by Gasteiger charge is 2.08. The van der Waals surface area contributed by atoms with E-state index in [0.717, 1.165) is 22.3 Å². The monoisotopic (exact) mass is 347 g/mol. The predicted molar refractivity (Wildman–Crippen MR) is 90.3 cm³/mol. The van der Waals surface area contributed by atoms with Gasteiger partial charge in [0.15, 0.2) is 0 Å². The van der Waals surface area contributed by atoms with Crippen LogP contribution >= 0.6 is 15.9 Å². The lowest BCUT2D eigenvalue weighted by atomic mass is 10.1. The Hall–Kier alpha value is -1.85. The average Bonchev–Trinajstić information content (AvgIpc) is 2.37. The van der Waals surface area contributed by atoms with E-state index in [1.165, 1.54) is 0 Å². The molecule has 5 heteroatoms. The number of hydrogen-bond acceptors (Lipinski definition) is 3. The van der Waals surface area contributed by atoms with Gasteiger partial charge in [0.25, 0.3) is 5.91 Å². The molecule has 3 N–H and O–H groups in total. The van der Waals surface area contributed by atoms with Crippen LogP contribution in [-0.2, 0) is 6.54 Å². The van der Waals surface area contributed by atoms with Crippen LogP contribution in [0.1, 0.15) is 15.9 Å². The first-order valence-electron chi connectivity index (χ1n) is 6.55. The Bertz CT molecular complexity index is 635. The smallest absolute Gasteiger partial charge is 0.255 e. The van der Waals surface area contributed by atoms with E-state index in [-0.39, 0.29) is 5.91 Å². The molecule has 2 rings (SSSR count). The van der Waals surface area contributed by atoms with E-state index < -0.39 is 0 Å². The Morgan fingerprint density at radius 3 is 2.67 bits per heavy atom. The molecule has 0 fully saturated rings. The first kappa shape index (κ1) is 15.5. The fourth-order valence-corrected chi connectivity index (χ4v) is 2.57. The standard InChI is InChI=1S/C16H18BrN3O/c1-20(2)10-11-4-3-5-15(6-11)19-16(21)12-7-13(17)9-14(18)8-12/h3-9H,10,18H2,1-2H3,(H,19,21). The van der Waals surface area contributed by atoms with Crippen LogP contribution < -0.4 is 11.1 Å². The third kappa shape index (κ3) is 4.58. The van der Waals surface area contributed by atoms with E-state index in [2.05, 4.69) is 26.1 Å². The Balaban J connectivity index is 2.15. The molecule has 2 aromatic carbocycles. The van der Waals surface area contributed by atoms with Crippen molar-refractivity contribution in [1.29, 1.82) is 0 Å².